The summed E-state index contributed by atoms with van der Waals surface area (Å²) in [5.74, 6) is -0.588. The van der Waals surface area contributed by atoms with Crippen molar-refractivity contribution in [2.45, 2.75) is 32.4 Å². The van der Waals surface area contributed by atoms with Gasteiger partial charge in [-0.3, -0.25) is 19.4 Å². The maximum Gasteiger partial charge on any atom is 0.240 e. The molecule has 0 spiro atoms. The first-order valence-corrected chi connectivity index (χ1v) is 11.8. The molecule has 1 N–H and O–H groups in total. The van der Waals surface area contributed by atoms with Crippen LogP contribution in [0.25, 0.3) is 10.9 Å². The van der Waals surface area contributed by atoms with Gasteiger partial charge in [-0.05, 0) is 55.7 Å². The van der Waals surface area contributed by atoms with Crippen molar-refractivity contribution in [2.24, 2.45) is 0 Å². The van der Waals surface area contributed by atoms with Crippen molar-refractivity contribution in [3.8, 4) is 0 Å². The van der Waals surface area contributed by atoms with Crippen LogP contribution in [-0.4, -0.2) is 27.3 Å². The molecule has 4 aromatic rings. The Morgan fingerprint density at radius 2 is 1.79 bits per heavy atom. The van der Waals surface area contributed by atoms with E-state index in [9.17, 15) is 14.4 Å². The van der Waals surface area contributed by atoms with E-state index in [4.69, 9.17) is 0 Å². The van der Waals surface area contributed by atoms with E-state index in [1.807, 2.05) is 31.2 Å². The molecule has 172 valence electrons. The molecule has 6 nitrogen and oxygen atoms in total. The van der Waals surface area contributed by atoms with Gasteiger partial charge in [-0.15, -0.1) is 0 Å². The van der Waals surface area contributed by atoms with Crippen molar-refractivity contribution in [1.29, 1.82) is 0 Å². The molecule has 0 radical (unpaired) electrons. The number of carbonyl (C=O) groups excluding carboxylic acids is 2. The molecule has 0 aliphatic heterocycles. The van der Waals surface area contributed by atoms with Gasteiger partial charge in [0, 0.05) is 40.1 Å². The smallest absolute Gasteiger partial charge is 0.240 e. The number of aromatic nitrogens is 2. The molecule has 1 atom stereocenters. The summed E-state index contributed by atoms with van der Waals surface area (Å²) in [5.41, 5.74) is 1.83. The van der Waals surface area contributed by atoms with Crippen molar-refractivity contribution >= 4 is 38.5 Å². The number of hydrogen-bond donors (Lipinski definition) is 1. The number of aryl methyl sites for hydroxylation is 1. The number of halogens is 1. The van der Waals surface area contributed by atoms with Crippen LogP contribution in [0, 0.1) is 0 Å². The van der Waals surface area contributed by atoms with E-state index in [1.54, 1.807) is 28.8 Å². The summed E-state index contributed by atoms with van der Waals surface area (Å²) in [5, 5.41) is 3.40. The van der Waals surface area contributed by atoms with Crippen LogP contribution < -0.4 is 10.7 Å². The van der Waals surface area contributed by atoms with Gasteiger partial charge >= 0.3 is 0 Å². The summed E-state index contributed by atoms with van der Waals surface area (Å²) in [7, 11) is 0. The summed E-state index contributed by atoms with van der Waals surface area (Å²) in [6.07, 6.45) is 6.16. The van der Waals surface area contributed by atoms with E-state index in [0.717, 1.165) is 17.3 Å². The van der Waals surface area contributed by atoms with Gasteiger partial charge in [0.15, 0.2) is 5.78 Å². The third kappa shape index (κ3) is 5.48. The zero-order valence-electron chi connectivity index (χ0n) is 18.7. The number of pyridine rings is 2. The van der Waals surface area contributed by atoms with E-state index in [-0.39, 0.29) is 29.5 Å². The molecular formula is C27H24BrN3O3. The van der Waals surface area contributed by atoms with Crippen LogP contribution in [-0.2, 0) is 17.8 Å². The molecule has 0 unspecified atom stereocenters. The SMILES string of the molecule is C[C@@H](CCc1ccccc1)NC(=O)Cn1cc(C(=O)c2ccncc2)c(=O)c2cc(Br)ccc21. The summed E-state index contributed by atoms with van der Waals surface area (Å²) >= 11 is 3.40. The fourth-order valence-corrected chi connectivity index (χ4v) is 4.26. The van der Waals surface area contributed by atoms with E-state index in [1.165, 1.54) is 24.2 Å². The zero-order valence-corrected chi connectivity index (χ0v) is 20.3. The Morgan fingerprint density at radius 1 is 1.06 bits per heavy atom. The van der Waals surface area contributed by atoms with Crippen LogP contribution in [0.4, 0.5) is 0 Å². The Balaban J connectivity index is 1.58. The summed E-state index contributed by atoms with van der Waals surface area (Å²) in [6, 6.07) is 18.5. The molecule has 0 bridgehead atoms. The molecule has 0 aliphatic rings. The normalized spacial score (nSPS) is 11.8. The van der Waals surface area contributed by atoms with Crippen molar-refractivity contribution in [3.63, 3.8) is 0 Å². The van der Waals surface area contributed by atoms with Crippen molar-refractivity contribution in [2.75, 3.05) is 0 Å². The standard InChI is InChI=1S/C27H24BrN3O3/c1-18(7-8-19-5-3-2-4-6-19)30-25(32)17-31-16-23(26(33)20-11-13-29-14-12-20)27(34)22-15-21(28)9-10-24(22)31/h2-6,9-16,18H,7-8,17H2,1H3,(H,30,32)/t18-/m0/s1. The minimum absolute atomic E-state index is 0.00921. The monoisotopic (exact) mass is 517 g/mol. The highest BCUT2D eigenvalue weighted by Gasteiger charge is 2.19. The summed E-state index contributed by atoms with van der Waals surface area (Å²) in [6.45, 7) is 1.96. The lowest BCUT2D eigenvalue weighted by Gasteiger charge is -2.17. The average molecular weight is 518 g/mol. The Hall–Kier alpha value is -3.58. The van der Waals surface area contributed by atoms with Crippen molar-refractivity contribution < 1.29 is 9.59 Å². The lowest BCUT2D eigenvalue weighted by atomic mass is 10.0. The molecule has 2 aromatic carbocycles. The fourth-order valence-electron chi connectivity index (χ4n) is 3.90. The second-order valence-electron chi connectivity index (χ2n) is 8.22. The third-order valence-corrected chi connectivity index (χ3v) is 6.15. The zero-order chi connectivity index (χ0) is 24.1. The number of amides is 1. The van der Waals surface area contributed by atoms with Crippen LogP contribution in [0.1, 0.15) is 34.8 Å². The number of nitrogens with one attached hydrogen (secondary N) is 1. The second kappa shape index (κ2) is 10.6. The Labute approximate surface area is 205 Å². The molecule has 0 saturated heterocycles. The van der Waals surface area contributed by atoms with E-state index in [0.29, 0.717) is 16.5 Å². The third-order valence-electron chi connectivity index (χ3n) is 5.66. The minimum Gasteiger partial charge on any atom is -0.352 e. The number of rotatable bonds is 8. The predicted molar refractivity (Wildman–Crippen MR) is 136 cm³/mol. The molecule has 2 heterocycles. The average Bonchev–Trinajstić information content (AvgIpc) is 2.85. The predicted octanol–water partition coefficient (Wildman–Crippen LogP) is 4.53. The van der Waals surface area contributed by atoms with Crippen LogP contribution in [0.3, 0.4) is 0 Å². The Bertz CT molecular complexity index is 1390. The first kappa shape index (κ1) is 23.6. The lowest BCUT2D eigenvalue weighted by Crippen LogP contribution is -2.36. The molecule has 34 heavy (non-hydrogen) atoms. The lowest BCUT2D eigenvalue weighted by molar-refractivity contribution is -0.122. The number of fused-ring (bicyclic) bond motifs is 1. The quantitative estimate of drug-likeness (QED) is 0.348. The molecule has 0 fully saturated rings. The van der Waals surface area contributed by atoms with Gasteiger partial charge in [0.1, 0.15) is 6.54 Å². The van der Waals surface area contributed by atoms with Gasteiger partial charge in [0.25, 0.3) is 0 Å². The first-order valence-electron chi connectivity index (χ1n) is 11.0. The number of ketones is 1. The van der Waals surface area contributed by atoms with Crippen LogP contribution >= 0.6 is 15.9 Å². The minimum atomic E-state index is -0.403. The van der Waals surface area contributed by atoms with Gasteiger partial charge in [-0.2, -0.15) is 0 Å². The fraction of sp³-hybridized carbons (Fsp3) is 0.185. The molecule has 2 aromatic heterocycles. The topological polar surface area (TPSA) is 81.1 Å². The van der Waals surface area contributed by atoms with Crippen LogP contribution in [0.2, 0.25) is 0 Å². The van der Waals surface area contributed by atoms with Crippen LogP contribution in [0.5, 0.6) is 0 Å². The Kier molecular flexibility index (Phi) is 7.33. The van der Waals surface area contributed by atoms with Gasteiger partial charge < -0.3 is 9.88 Å². The molecule has 0 saturated carbocycles. The highest BCUT2D eigenvalue weighted by Crippen LogP contribution is 2.19. The van der Waals surface area contributed by atoms with Gasteiger partial charge in [-0.1, -0.05) is 46.3 Å². The van der Waals surface area contributed by atoms with Crippen molar-refractivity contribution in [1.82, 2.24) is 14.9 Å². The summed E-state index contributed by atoms with van der Waals surface area (Å²) < 4.78 is 2.38. The first-order chi connectivity index (χ1) is 16.4. The van der Waals surface area contributed by atoms with E-state index >= 15 is 0 Å². The highest BCUT2D eigenvalue weighted by atomic mass is 79.9. The number of carbonyl (C=O) groups is 2. The molecule has 7 heteroatoms. The number of hydrogen-bond acceptors (Lipinski definition) is 4. The highest BCUT2D eigenvalue weighted by molar-refractivity contribution is 9.10. The van der Waals surface area contributed by atoms with Gasteiger partial charge in [0.05, 0.1) is 11.1 Å². The largest absolute Gasteiger partial charge is 0.352 e. The Morgan fingerprint density at radius 3 is 2.53 bits per heavy atom. The van der Waals surface area contributed by atoms with Crippen molar-refractivity contribution in [3.05, 3.63) is 111 Å². The maximum absolute atomic E-state index is 13.2. The summed E-state index contributed by atoms with van der Waals surface area (Å²) in [4.78, 5) is 43.0. The van der Waals surface area contributed by atoms with E-state index in [2.05, 4.69) is 38.4 Å². The number of benzene rings is 2. The van der Waals surface area contributed by atoms with Gasteiger partial charge in [-0.25, -0.2) is 0 Å². The van der Waals surface area contributed by atoms with Crippen LogP contribution in [0.15, 0.2) is 88.5 Å². The van der Waals surface area contributed by atoms with Gasteiger partial charge in [0.2, 0.25) is 11.3 Å². The number of nitrogens with zero attached hydrogens (tertiary/aromatic N) is 2. The molecular weight excluding hydrogens is 494 g/mol. The molecule has 1 amide bonds. The molecule has 0 aliphatic carbocycles. The second-order valence-corrected chi connectivity index (χ2v) is 9.13. The van der Waals surface area contributed by atoms with E-state index < -0.39 is 5.78 Å². The molecule has 4 rings (SSSR count). The maximum atomic E-state index is 13.2.